The molecule has 2 aromatic rings. The Morgan fingerprint density at radius 2 is 1.71 bits per heavy atom. The first-order chi connectivity index (χ1) is 14.8. The third-order valence-corrected chi connectivity index (χ3v) is 7.51. The van der Waals surface area contributed by atoms with Gasteiger partial charge in [0, 0.05) is 25.3 Å². The van der Waals surface area contributed by atoms with Gasteiger partial charge in [-0.05, 0) is 70.1 Å². The number of carbonyl (C=O) groups is 1. The smallest absolute Gasteiger partial charge is 0.243 e. The molecule has 1 heterocycles. The second kappa shape index (κ2) is 10.3. The zero-order valence-electron chi connectivity index (χ0n) is 18.4. The molecule has 1 amide bonds. The lowest BCUT2D eigenvalue weighted by Gasteiger charge is -2.24. The van der Waals surface area contributed by atoms with Crippen molar-refractivity contribution in [2.75, 3.05) is 38.6 Å². The van der Waals surface area contributed by atoms with Crippen molar-refractivity contribution < 1.29 is 17.9 Å². The van der Waals surface area contributed by atoms with Crippen LogP contribution in [0.3, 0.4) is 0 Å². The van der Waals surface area contributed by atoms with E-state index in [1.54, 1.807) is 24.3 Å². The van der Waals surface area contributed by atoms with Crippen LogP contribution < -0.4 is 10.1 Å². The summed E-state index contributed by atoms with van der Waals surface area (Å²) < 4.78 is 32.5. The maximum Gasteiger partial charge on any atom is 0.243 e. The van der Waals surface area contributed by atoms with Crippen LogP contribution in [0.15, 0.2) is 53.4 Å². The predicted octanol–water partition coefficient (Wildman–Crippen LogP) is 3.12. The minimum Gasteiger partial charge on any atom is -0.492 e. The number of amides is 1. The van der Waals surface area contributed by atoms with Gasteiger partial charge in [0.05, 0.1) is 10.9 Å². The zero-order chi connectivity index (χ0) is 22.4. The van der Waals surface area contributed by atoms with Gasteiger partial charge in [0.15, 0.2) is 0 Å². The van der Waals surface area contributed by atoms with Crippen molar-refractivity contribution >= 4 is 21.6 Å². The highest BCUT2D eigenvalue weighted by Gasteiger charge is 2.27. The van der Waals surface area contributed by atoms with Crippen molar-refractivity contribution in [2.24, 2.45) is 0 Å². The quantitative estimate of drug-likeness (QED) is 0.642. The number of aryl methyl sites for hydroxylation is 1. The first kappa shape index (κ1) is 23.2. The molecule has 3 rings (SSSR count). The number of ether oxygens (including phenoxy) is 1. The largest absolute Gasteiger partial charge is 0.492 e. The molecule has 1 saturated heterocycles. The topological polar surface area (TPSA) is 79.0 Å². The normalized spacial score (nSPS) is 15.7. The standard InChI is InChI=1S/C23H31N3O4S/c1-18-6-10-21(11-7-18)30-17-16-25(3)19(2)23(27)24-20-8-12-22(13-9-20)31(28,29)26-14-4-5-15-26/h6-13,19H,4-5,14-17H2,1-3H3,(H,24,27)/t19-/m1/s1. The summed E-state index contributed by atoms with van der Waals surface area (Å²) in [6.07, 6.45) is 1.80. The van der Waals surface area contributed by atoms with Crippen molar-refractivity contribution in [1.29, 1.82) is 0 Å². The number of rotatable bonds is 9. The first-order valence-electron chi connectivity index (χ1n) is 10.6. The number of hydrogen-bond donors (Lipinski definition) is 1. The summed E-state index contributed by atoms with van der Waals surface area (Å²) in [6.45, 7) is 6.05. The van der Waals surface area contributed by atoms with E-state index in [2.05, 4.69) is 5.32 Å². The van der Waals surface area contributed by atoms with Gasteiger partial charge >= 0.3 is 0 Å². The molecule has 0 aromatic heterocycles. The van der Waals surface area contributed by atoms with Crippen LogP contribution in [0.25, 0.3) is 0 Å². The molecule has 2 aromatic carbocycles. The Bertz CT molecular complexity index is 969. The molecule has 31 heavy (non-hydrogen) atoms. The fourth-order valence-electron chi connectivity index (χ4n) is 3.37. The van der Waals surface area contributed by atoms with E-state index in [1.165, 1.54) is 9.87 Å². The molecular formula is C23H31N3O4S. The summed E-state index contributed by atoms with van der Waals surface area (Å²) in [5, 5.41) is 2.86. The van der Waals surface area contributed by atoms with Gasteiger partial charge in [-0.3, -0.25) is 9.69 Å². The lowest BCUT2D eigenvalue weighted by molar-refractivity contribution is -0.120. The Kier molecular flexibility index (Phi) is 7.69. The summed E-state index contributed by atoms with van der Waals surface area (Å²) >= 11 is 0. The summed E-state index contributed by atoms with van der Waals surface area (Å²) in [7, 11) is -1.58. The van der Waals surface area contributed by atoms with E-state index in [0.717, 1.165) is 18.6 Å². The van der Waals surface area contributed by atoms with Crippen LogP contribution in [-0.4, -0.2) is 62.9 Å². The van der Waals surface area contributed by atoms with Gasteiger partial charge in [-0.15, -0.1) is 0 Å². The molecule has 0 saturated carbocycles. The summed E-state index contributed by atoms with van der Waals surface area (Å²) in [5.74, 6) is 0.646. The molecule has 0 bridgehead atoms. The lowest BCUT2D eigenvalue weighted by Crippen LogP contribution is -2.41. The van der Waals surface area contributed by atoms with Gasteiger partial charge < -0.3 is 10.1 Å². The average Bonchev–Trinajstić information content (AvgIpc) is 3.31. The number of likely N-dealkylation sites (N-methyl/N-ethyl adjacent to an activating group) is 1. The van der Waals surface area contributed by atoms with Gasteiger partial charge in [0.25, 0.3) is 0 Å². The molecule has 1 fully saturated rings. The maximum absolute atomic E-state index is 12.6. The second-order valence-electron chi connectivity index (χ2n) is 7.94. The molecule has 0 radical (unpaired) electrons. The average molecular weight is 446 g/mol. The monoisotopic (exact) mass is 445 g/mol. The number of benzene rings is 2. The van der Waals surface area contributed by atoms with Crippen LogP contribution in [0.2, 0.25) is 0 Å². The van der Waals surface area contributed by atoms with Crippen molar-refractivity contribution in [2.45, 2.75) is 37.6 Å². The molecular weight excluding hydrogens is 414 g/mol. The van der Waals surface area contributed by atoms with Crippen LogP contribution in [-0.2, 0) is 14.8 Å². The van der Waals surface area contributed by atoms with Gasteiger partial charge in [0.1, 0.15) is 12.4 Å². The summed E-state index contributed by atoms with van der Waals surface area (Å²) in [6, 6.07) is 13.9. The van der Waals surface area contributed by atoms with Crippen LogP contribution in [0, 0.1) is 6.92 Å². The fraction of sp³-hybridized carbons (Fsp3) is 0.435. The summed E-state index contributed by atoms with van der Waals surface area (Å²) in [4.78, 5) is 14.8. The highest BCUT2D eigenvalue weighted by molar-refractivity contribution is 7.89. The van der Waals surface area contributed by atoms with Gasteiger partial charge in [-0.1, -0.05) is 17.7 Å². The van der Waals surface area contributed by atoms with Crippen LogP contribution in [0.4, 0.5) is 5.69 Å². The van der Waals surface area contributed by atoms with E-state index in [9.17, 15) is 13.2 Å². The Hall–Kier alpha value is -2.42. The first-order valence-corrected chi connectivity index (χ1v) is 12.0. The Morgan fingerprint density at radius 1 is 1.10 bits per heavy atom. The van der Waals surface area contributed by atoms with Crippen LogP contribution in [0.5, 0.6) is 5.75 Å². The zero-order valence-corrected chi connectivity index (χ0v) is 19.2. The van der Waals surface area contributed by atoms with Crippen LogP contribution >= 0.6 is 0 Å². The Balaban J connectivity index is 1.49. The minimum absolute atomic E-state index is 0.159. The molecule has 1 aliphatic rings. The number of nitrogens with zero attached hydrogens (tertiary/aromatic N) is 2. The molecule has 1 N–H and O–H groups in total. The predicted molar refractivity (Wildman–Crippen MR) is 122 cm³/mol. The van der Waals surface area contributed by atoms with E-state index < -0.39 is 10.0 Å². The molecule has 0 aliphatic carbocycles. The molecule has 1 atom stereocenters. The second-order valence-corrected chi connectivity index (χ2v) is 9.88. The highest BCUT2D eigenvalue weighted by atomic mass is 32.2. The van der Waals surface area contributed by atoms with Crippen LogP contribution in [0.1, 0.15) is 25.3 Å². The van der Waals surface area contributed by atoms with Crippen molar-refractivity contribution in [3.8, 4) is 5.75 Å². The Morgan fingerprint density at radius 3 is 2.32 bits per heavy atom. The van der Waals surface area contributed by atoms with E-state index in [-0.39, 0.29) is 16.8 Å². The van der Waals surface area contributed by atoms with Crippen molar-refractivity contribution in [3.05, 3.63) is 54.1 Å². The molecule has 7 nitrogen and oxygen atoms in total. The number of sulfonamides is 1. The fourth-order valence-corrected chi connectivity index (χ4v) is 4.89. The van der Waals surface area contributed by atoms with E-state index >= 15 is 0 Å². The van der Waals surface area contributed by atoms with E-state index in [0.29, 0.717) is 31.9 Å². The third kappa shape index (κ3) is 6.06. The van der Waals surface area contributed by atoms with E-state index in [1.807, 2.05) is 50.1 Å². The molecule has 0 unspecified atom stereocenters. The minimum atomic E-state index is -3.45. The van der Waals surface area contributed by atoms with Gasteiger partial charge in [0.2, 0.25) is 15.9 Å². The Labute approximate surface area is 185 Å². The summed E-state index contributed by atoms with van der Waals surface area (Å²) in [5.41, 5.74) is 1.75. The maximum atomic E-state index is 12.6. The van der Waals surface area contributed by atoms with Gasteiger partial charge in [-0.2, -0.15) is 4.31 Å². The third-order valence-electron chi connectivity index (χ3n) is 5.60. The number of hydrogen-bond acceptors (Lipinski definition) is 5. The molecule has 1 aliphatic heterocycles. The highest BCUT2D eigenvalue weighted by Crippen LogP contribution is 2.22. The van der Waals surface area contributed by atoms with E-state index in [4.69, 9.17) is 4.74 Å². The van der Waals surface area contributed by atoms with Crippen molar-refractivity contribution in [3.63, 3.8) is 0 Å². The number of anilines is 1. The molecule has 8 heteroatoms. The molecule has 168 valence electrons. The SMILES string of the molecule is Cc1ccc(OCCN(C)[C@H](C)C(=O)Nc2ccc(S(=O)(=O)N3CCCC3)cc2)cc1. The lowest BCUT2D eigenvalue weighted by atomic mass is 10.2. The number of nitrogens with one attached hydrogen (secondary N) is 1. The molecule has 0 spiro atoms. The van der Waals surface area contributed by atoms with Crippen molar-refractivity contribution in [1.82, 2.24) is 9.21 Å². The van der Waals surface area contributed by atoms with Gasteiger partial charge in [-0.25, -0.2) is 8.42 Å². The number of carbonyl (C=O) groups excluding carboxylic acids is 1.